The van der Waals surface area contributed by atoms with Crippen molar-refractivity contribution in [2.75, 3.05) is 13.2 Å². The lowest BCUT2D eigenvalue weighted by Gasteiger charge is -2.16. The number of aromatic nitrogens is 1. The molecular formula is C14H15F3NO4PS. The standard InChI is InChI=1S/C14H15F3NO4PS/c1-3-21-23(20,22-4-2)9-5-6-11-10(7-9)18-13(24-11)8-12(19)14(15,16)17/h5-8,19H,3-4H2,1-2H3/b12-8-. The Kier molecular flexibility index (Phi) is 5.70. The van der Waals surface area contributed by atoms with Gasteiger partial charge >= 0.3 is 13.8 Å². The minimum Gasteiger partial charge on any atom is -0.504 e. The Morgan fingerprint density at radius 2 is 1.96 bits per heavy atom. The summed E-state index contributed by atoms with van der Waals surface area (Å²) in [5, 5.41) is 9.27. The summed E-state index contributed by atoms with van der Waals surface area (Å²) in [6.07, 6.45) is -4.28. The zero-order chi connectivity index (χ0) is 18.0. The summed E-state index contributed by atoms with van der Waals surface area (Å²) < 4.78 is 60.9. The molecule has 0 radical (unpaired) electrons. The monoisotopic (exact) mass is 381 g/mol. The second-order valence-electron chi connectivity index (χ2n) is 4.56. The fourth-order valence-electron chi connectivity index (χ4n) is 1.89. The number of aliphatic hydroxyl groups is 1. The normalized spacial score (nSPS) is 13.6. The Labute approximate surface area is 140 Å². The first-order valence-corrected chi connectivity index (χ1v) is 9.33. The Hall–Kier alpha value is -1.41. The van der Waals surface area contributed by atoms with Crippen LogP contribution in [-0.4, -0.2) is 29.5 Å². The van der Waals surface area contributed by atoms with Crippen LogP contribution < -0.4 is 5.30 Å². The van der Waals surface area contributed by atoms with Gasteiger partial charge in [-0.3, -0.25) is 4.57 Å². The van der Waals surface area contributed by atoms with Crippen LogP contribution in [0.4, 0.5) is 13.2 Å². The number of benzene rings is 1. The van der Waals surface area contributed by atoms with Gasteiger partial charge in [-0.1, -0.05) is 0 Å². The number of hydrogen-bond donors (Lipinski definition) is 1. The van der Waals surface area contributed by atoms with Crippen molar-refractivity contribution in [2.45, 2.75) is 20.0 Å². The van der Waals surface area contributed by atoms with E-state index >= 15 is 0 Å². The van der Waals surface area contributed by atoms with Crippen molar-refractivity contribution >= 4 is 40.5 Å². The molecule has 1 heterocycles. The second kappa shape index (κ2) is 7.23. The minimum absolute atomic E-state index is 0.0142. The molecule has 132 valence electrons. The van der Waals surface area contributed by atoms with Gasteiger partial charge in [0.15, 0.2) is 0 Å². The molecule has 0 aliphatic carbocycles. The summed E-state index contributed by atoms with van der Waals surface area (Å²) in [4.78, 5) is 4.01. The molecule has 0 unspecified atom stereocenters. The molecule has 0 saturated carbocycles. The lowest BCUT2D eigenvalue weighted by atomic mass is 10.3. The molecule has 0 bridgehead atoms. The first-order chi connectivity index (χ1) is 11.2. The molecule has 0 spiro atoms. The first-order valence-electron chi connectivity index (χ1n) is 6.97. The molecule has 1 N–H and O–H groups in total. The van der Waals surface area contributed by atoms with Crippen LogP contribution >= 0.6 is 18.9 Å². The van der Waals surface area contributed by atoms with Crippen molar-refractivity contribution in [1.29, 1.82) is 0 Å². The summed E-state index contributed by atoms with van der Waals surface area (Å²) >= 11 is 0.969. The Bertz CT molecular complexity index is 793. The van der Waals surface area contributed by atoms with Crippen molar-refractivity contribution < 1.29 is 31.9 Å². The van der Waals surface area contributed by atoms with Crippen LogP contribution in [0.15, 0.2) is 24.0 Å². The van der Waals surface area contributed by atoms with E-state index in [0.29, 0.717) is 16.3 Å². The van der Waals surface area contributed by atoms with Crippen LogP contribution in [0.2, 0.25) is 0 Å². The number of fused-ring (bicyclic) bond motifs is 1. The van der Waals surface area contributed by atoms with Crippen LogP contribution in [0.5, 0.6) is 0 Å². The molecule has 2 aromatic rings. The summed E-state index contributed by atoms with van der Waals surface area (Å²) in [7, 11) is -3.50. The van der Waals surface area contributed by atoms with Gasteiger partial charge in [-0.2, -0.15) is 13.2 Å². The molecule has 0 fully saturated rings. The SMILES string of the molecule is CCOP(=O)(OCC)c1ccc2sc(/C=C(\O)C(F)(F)F)nc2c1. The average molecular weight is 381 g/mol. The fraction of sp³-hybridized carbons (Fsp3) is 0.357. The molecular weight excluding hydrogens is 366 g/mol. The molecule has 10 heteroatoms. The number of allylic oxidation sites excluding steroid dienone is 1. The third-order valence-electron chi connectivity index (χ3n) is 2.85. The van der Waals surface area contributed by atoms with Gasteiger partial charge in [0.2, 0.25) is 5.76 Å². The highest BCUT2D eigenvalue weighted by molar-refractivity contribution is 7.62. The largest absolute Gasteiger partial charge is 0.504 e. The fourth-order valence-corrected chi connectivity index (χ4v) is 4.37. The van der Waals surface area contributed by atoms with Crippen molar-refractivity contribution in [1.82, 2.24) is 4.98 Å². The molecule has 0 saturated heterocycles. The number of thiazole rings is 1. The van der Waals surface area contributed by atoms with Gasteiger partial charge in [0.25, 0.3) is 0 Å². The number of hydrogen-bond acceptors (Lipinski definition) is 6. The number of aliphatic hydroxyl groups excluding tert-OH is 1. The maximum absolute atomic E-state index is 12.7. The van der Waals surface area contributed by atoms with E-state index in [0.717, 1.165) is 11.3 Å². The van der Waals surface area contributed by atoms with Crippen molar-refractivity contribution in [3.05, 3.63) is 29.0 Å². The molecule has 0 amide bonds. The lowest BCUT2D eigenvalue weighted by Crippen LogP contribution is -2.10. The predicted octanol–water partition coefficient (Wildman–Crippen LogP) is 4.65. The molecule has 1 aromatic heterocycles. The summed E-state index contributed by atoms with van der Waals surface area (Å²) in [6.45, 7) is 3.71. The third kappa shape index (κ3) is 4.16. The highest BCUT2D eigenvalue weighted by atomic mass is 32.1. The summed E-state index contributed by atoms with van der Waals surface area (Å²) in [5.41, 5.74) is 0.346. The average Bonchev–Trinajstić information content (AvgIpc) is 2.88. The van der Waals surface area contributed by atoms with E-state index in [1.165, 1.54) is 12.1 Å². The number of nitrogens with zero attached hydrogens (tertiary/aromatic N) is 1. The van der Waals surface area contributed by atoms with E-state index < -0.39 is 19.5 Å². The number of rotatable bonds is 6. The van der Waals surface area contributed by atoms with E-state index in [2.05, 4.69) is 4.98 Å². The molecule has 2 rings (SSSR count). The summed E-state index contributed by atoms with van der Waals surface area (Å²) in [6, 6.07) is 4.57. The highest BCUT2D eigenvalue weighted by Crippen LogP contribution is 2.47. The van der Waals surface area contributed by atoms with Crippen LogP contribution in [0.1, 0.15) is 18.9 Å². The Balaban J connectivity index is 2.44. The van der Waals surface area contributed by atoms with Gasteiger partial charge < -0.3 is 14.2 Å². The number of alkyl halides is 3. The molecule has 1 aromatic carbocycles. The molecule has 0 atom stereocenters. The van der Waals surface area contributed by atoms with Gasteiger partial charge in [0.05, 0.1) is 28.7 Å². The Morgan fingerprint density at radius 1 is 1.33 bits per heavy atom. The highest BCUT2D eigenvalue weighted by Gasteiger charge is 2.34. The van der Waals surface area contributed by atoms with Crippen molar-refractivity contribution in [2.24, 2.45) is 0 Å². The quantitative estimate of drug-likeness (QED) is 0.583. The van der Waals surface area contributed by atoms with Gasteiger partial charge in [0, 0.05) is 6.08 Å². The maximum atomic E-state index is 12.7. The molecule has 5 nitrogen and oxygen atoms in total. The molecule has 0 aliphatic rings. The molecule has 0 aliphatic heterocycles. The second-order valence-corrected chi connectivity index (χ2v) is 7.65. The van der Waals surface area contributed by atoms with Crippen LogP contribution in [0.25, 0.3) is 16.3 Å². The zero-order valence-electron chi connectivity index (χ0n) is 12.8. The lowest BCUT2D eigenvalue weighted by molar-refractivity contribution is -0.119. The zero-order valence-corrected chi connectivity index (χ0v) is 14.5. The van der Waals surface area contributed by atoms with Crippen LogP contribution in [0, 0.1) is 0 Å². The van der Waals surface area contributed by atoms with Gasteiger partial charge in [-0.05, 0) is 32.0 Å². The predicted molar refractivity (Wildman–Crippen MR) is 86.8 cm³/mol. The van der Waals surface area contributed by atoms with E-state index in [4.69, 9.17) is 14.2 Å². The summed E-state index contributed by atoms with van der Waals surface area (Å²) in [5.74, 6) is -1.73. The van der Waals surface area contributed by atoms with Crippen LogP contribution in [0.3, 0.4) is 0 Å². The number of halogens is 3. The third-order valence-corrected chi connectivity index (χ3v) is 5.94. The topological polar surface area (TPSA) is 68.7 Å². The smallest absolute Gasteiger partial charge is 0.448 e. The minimum atomic E-state index is -4.83. The van der Waals surface area contributed by atoms with Crippen molar-refractivity contribution in [3.8, 4) is 0 Å². The van der Waals surface area contributed by atoms with Crippen molar-refractivity contribution in [3.63, 3.8) is 0 Å². The van der Waals surface area contributed by atoms with Gasteiger partial charge in [-0.25, -0.2) is 4.98 Å². The van der Waals surface area contributed by atoms with E-state index in [1.54, 1.807) is 19.9 Å². The van der Waals surface area contributed by atoms with Gasteiger partial charge in [-0.15, -0.1) is 11.3 Å². The molecule has 24 heavy (non-hydrogen) atoms. The maximum Gasteiger partial charge on any atom is 0.448 e. The van der Waals surface area contributed by atoms with Gasteiger partial charge in [0.1, 0.15) is 5.01 Å². The van der Waals surface area contributed by atoms with E-state index in [9.17, 15) is 17.7 Å². The Morgan fingerprint density at radius 3 is 2.50 bits per heavy atom. The van der Waals surface area contributed by atoms with E-state index in [-0.39, 0.29) is 23.5 Å². The van der Waals surface area contributed by atoms with Crippen LogP contribution in [-0.2, 0) is 13.6 Å². The van der Waals surface area contributed by atoms with E-state index in [1.807, 2.05) is 0 Å². The first kappa shape index (κ1) is 18.9.